The molecule has 2 aliphatic rings. The average Bonchev–Trinajstić information content (AvgIpc) is 2.50. The Kier molecular flexibility index (Phi) is 5.72. The minimum absolute atomic E-state index is 0.355. The van der Waals surface area contributed by atoms with Crippen molar-refractivity contribution < 1.29 is 0 Å². The van der Waals surface area contributed by atoms with Gasteiger partial charge >= 0.3 is 0 Å². The van der Waals surface area contributed by atoms with Crippen molar-refractivity contribution in [2.24, 2.45) is 5.41 Å². The summed E-state index contributed by atoms with van der Waals surface area (Å²) in [6, 6.07) is 0.729. The van der Waals surface area contributed by atoms with E-state index in [0.717, 1.165) is 6.04 Å². The Hall–Kier alpha value is -0.120. The van der Waals surface area contributed by atoms with Gasteiger partial charge in [0, 0.05) is 31.2 Å². The molecule has 3 nitrogen and oxygen atoms in total. The van der Waals surface area contributed by atoms with E-state index in [-0.39, 0.29) is 0 Å². The van der Waals surface area contributed by atoms with Crippen LogP contribution in [0.3, 0.4) is 0 Å². The maximum atomic E-state index is 3.87. The molecule has 0 bridgehead atoms. The molecule has 2 aliphatic heterocycles. The van der Waals surface area contributed by atoms with E-state index in [4.69, 9.17) is 0 Å². The van der Waals surface area contributed by atoms with E-state index in [1.165, 1.54) is 64.8 Å². The summed E-state index contributed by atoms with van der Waals surface area (Å²) in [5.74, 6) is 0. The van der Waals surface area contributed by atoms with Gasteiger partial charge in [-0.05, 0) is 57.7 Å². The number of nitrogens with zero attached hydrogens (tertiary/aromatic N) is 2. The molecule has 0 radical (unpaired) electrons. The van der Waals surface area contributed by atoms with Gasteiger partial charge in [0.15, 0.2) is 0 Å². The van der Waals surface area contributed by atoms with Crippen LogP contribution in [0, 0.1) is 5.41 Å². The molecule has 2 saturated heterocycles. The number of rotatable bonds is 5. The quantitative estimate of drug-likeness (QED) is 0.841. The summed E-state index contributed by atoms with van der Waals surface area (Å²) >= 11 is 0. The fraction of sp³-hybridized carbons (Fsp3) is 1.00. The van der Waals surface area contributed by atoms with Crippen molar-refractivity contribution in [1.82, 2.24) is 15.1 Å². The number of nitrogens with one attached hydrogen (secondary N) is 1. The van der Waals surface area contributed by atoms with Gasteiger partial charge in [-0.25, -0.2) is 0 Å². The zero-order chi connectivity index (χ0) is 15.5. The van der Waals surface area contributed by atoms with E-state index in [1.807, 2.05) is 0 Å². The molecule has 0 saturated carbocycles. The van der Waals surface area contributed by atoms with Gasteiger partial charge < -0.3 is 10.2 Å². The number of hydrogen-bond donors (Lipinski definition) is 1. The first-order valence-electron chi connectivity index (χ1n) is 9.13. The van der Waals surface area contributed by atoms with Crippen molar-refractivity contribution in [3.63, 3.8) is 0 Å². The van der Waals surface area contributed by atoms with Crippen molar-refractivity contribution in [3.8, 4) is 0 Å². The highest BCUT2D eigenvalue weighted by Crippen LogP contribution is 2.34. The Morgan fingerprint density at radius 3 is 2.24 bits per heavy atom. The molecule has 2 rings (SSSR count). The third kappa shape index (κ3) is 4.00. The van der Waals surface area contributed by atoms with Crippen LogP contribution in [0.2, 0.25) is 0 Å². The lowest BCUT2D eigenvalue weighted by Crippen LogP contribution is -2.65. The van der Waals surface area contributed by atoms with Gasteiger partial charge in [-0.3, -0.25) is 4.90 Å². The summed E-state index contributed by atoms with van der Waals surface area (Å²) in [5, 5.41) is 3.87. The molecule has 0 aromatic carbocycles. The summed E-state index contributed by atoms with van der Waals surface area (Å²) in [5.41, 5.74) is 0.873. The van der Waals surface area contributed by atoms with Gasteiger partial charge in [-0.2, -0.15) is 0 Å². The summed E-state index contributed by atoms with van der Waals surface area (Å²) in [4.78, 5) is 5.31. The van der Waals surface area contributed by atoms with E-state index < -0.39 is 0 Å². The Labute approximate surface area is 132 Å². The van der Waals surface area contributed by atoms with Crippen LogP contribution in [0.5, 0.6) is 0 Å². The van der Waals surface area contributed by atoms with E-state index in [0.29, 0.717) is 11.0 Å². The predicted molar refractivity (Wildman–Crippen MR) is 91.8 cm³/mol. The summed E-state index contributed by atoms with van der Waals surface area (Å²) in [7, 11) is 2.26. The highest BCUT2D eigenvalue weighted by atomic mass is 15.3. The Morgan fingerprint density at radius 2 is 1.71 bits per heavy atom. The second kappa shape index (κ2) is 6.97. The van der Waals surface area contributed by atoms with E-state index in [1.54, 1.807) is 0 Å². The van der Waals surface area contributed by atoms with Crippen LogP contribution in [0.4, 0.5) is 0 Å². The van der Waals surface area contributed by atoms with Gasteiger partial charge in [0.05, 0.1) is 0 Å². The largest absolute Gasteiger partial charge is 0.308 e. The SMILES string of the molecule is CCC1CNC(CC)(CC)CN1CC1(C)CCN(C)CC1. The first-order chi connectivity index (χ1) is 9.96. The molecule has 2 heterocycles. The zero-order valence-corrected chi connectivity index (χ0v) is 15.0. The zero-order valence-electron chi connectivity index (χ0n) is 15.0. The minimum Gasteiger partial charge on any atom is -0.308 e. The van der Waals surface area contributed by atoms with Crippen molar-refractivity contribution in [3.05, 3.63) is 0 Å². The van der Waals surface area contributed by atoms with Crippen molar-refractivity contribution in [1.29, 1.82) is 0 Å². The summed E-state index contributed by atoms with van der Waals surface area (Å²) in [6.07, 6.45) is 6.47. The highest BCUT2D eigenvalue weighted by molar-refractivity contribution is 4.98. The Balaban J connectivity index is 2.03. The molecule has 2 fully saturated rings. The smallest absolute Gasteiger partial charge is 0.0304 e. The van der Waals surface area contributed by atoms with Crippen LogP contribution >= 0.6 is 0 Å². The molecule has 1 N–H and O–H groups in total. The minimum atomic E-state index is 0.355. The van der Waals surface area contributed by atoms with Crippen LogP contribution in [-0.2, 0) is 0 Å². The molecule has 0 spiro atoms. The van der Waals surface area contributed by atoms with Crippen LogP contribution in [0.15, 0.2) is 0 Å². The fourth-order valence-electron chi connectivity index (χ4n) is 4.16. The van der Waals surface area contributed by atoms with Crippen molar-refractivity contribution in [2.45, 2.75) is 71.4 Å². The molecule has 0 aliphatic carbocycles. The summed E-state index contributed by atoms with van der Waals surface area (Å²) in [6.45, 7) is 15.8. The van der Waals surface area contributed by atoms with Gasteiger partial charge in [0.25, 0.3) is 0 Å². The van der Waals surface area contributed by atoms with Crippen LogP contribution < -0.4 is 5.32 Å². The predicted octanol–water partition coefficient (Wildman–Crippen LogP) is 2.96. The number of piperidine rings is 1. The van der Waals surface area contributed by atoms with Crippen molar-refractivity contribution >= 4 is 0 Å². The standard InChI is InChI=1S/C18H37N3/c1-6-16-13-19-18(7-2,8-3)15-21(16)14-17(4)9-11-20(5)12-10-17/h16,19H,6-15H2,1-5H3. The van der Waals surface area contributed by atoms with E-state index >= 15 is 0 Å². The molecule has 3 heteroatoms. The average molecular weight is 296 g/mol. The van der Waals surface area contributed by atoms with Gasteiger partial charge in [-0.15, -0.1) is 0 Å². The summed E-state index contributed by atoms with van der Waals surface area (Å²) < 4.78 is 0. The topological polar surface area (TPSA) is 18.5 Å². The lowest BCUT2D eigenvalue weighted by Gasteiger charge is -2.51. The maximum absolute atomic E-state index is 3.87. The third-order valence-electron chi connectivity index (χ3n) is 6.34. The Bertz CT molecular complexity index is 316. The van der Waals surface area contributed by atoms with Gasteiger partial charge in [0.2, 0.25) is 0 Å². The number of hydrogen-bond acceptors (Lipinski definition) is 3. The van der Waals surface area contributed by atoms with Crippen molar-refractivity contribution in [2.75, 3.05) is 39.8 Å². The lowest BCUT2D eigenvalue weighted by atomic mass is 9.78. The monoisotopic (exact) mass is 295 g/mol. The molecule has 124 valence electrons. The highest BCUT2D eigenvalue weighted by Gasteiger charge is 2.39. The second-order valence-corrected chi connectivity index (χ2v) is 7.95. The first-order valence-corrected chi connectivity index (χ1v) is 9.13. The molecule has 0 aromatic rings. The van der Waals surface area contributed by atoms with E-state index in [2.05, 4.69) is 49.9 Å². The number of piperazine rings is 1. The normalized spacial score (nSPS) is 30.4. The molecular formula is C18H37N3. The van der Waals surface area contributed by atoms with E-state index in [9.17, 15) is 0 Å². The second-order valence-electron chi connectivity index (χ2n) is 7.95. The molecule has 21 heavy (non-hydrogen) atoms. The lowest BCUT2D eigenvalue weighted by molar-refractivity contribution is 0.0151. The van der Waals surface area contributed by atoms with Crippen LogP contribution in [0.1, 0.15) is 59.8 Å². The molecular weight excluding hydrogens is 258 g/mol. The fourth-order valence-corrected chi connectivity index (χ4v) is 4.16. The third-order valence-corrected chi connectivity index (χ3v) is 6.34. The van der Waals surface area contributed by atoms with Crippen LogP contribution in [-0.4, -0.2) is 61.2 Å². The van der Waals surface area contributed by atoms with Crippen LogP contribution in [0.25, 0.3) is 0 Å². The Morgan fingerprint density at radius 1 is 1.10 bits per heavy atom. The first kappa shape index (κ1) is 17.2. The molecule has 1 atom stereocenters. The van der Waals surface area contributed by atoms with Gasteiger partial charge in [-0.1, -0.05) is 27.7 Å². The number of likely N-dealkylation sites (tertiary alicyclic amines) is 1. The molecule has 0 amide bonds. The van der Waals surface area contributed by atoms with Gasteiger partial charge in [0.1, 0.15) is 0 Å². The molecule has 1 unspecified atom stereocenters. The molecule has 0 aromatic heterocycles. The maximum Gasteiger partial charge on any atom is 0.0304 e.